The number of carbonyl (C=O) groups excluding carboxylic acids is 1. The van der Waals surface area contributed by atoms with E-state index in [-0.39, 0.29) is 11.9 Å². The van der Waals surface area contributed by atoms with Crippen LogP contribution < -0.4 is 5.32 Å². The second-order valence-corrected chi connectivity index (χ2v) is 6.69. The standard InChI is InChI=1S/C18H19N3OS/c1-13-14(2)23-18(19-13)20-17(22)16(21-10-6-7-11-21)12-15-8-4-3-5-9-15/h3-11,16H,12H2,1-2H3,(H,19,20,22). The molecule has 0 aliphatic carbocycles. The molecular weight excluding hydrogens is 306 g/mol. The first-order valence-corrected chi connectivity index (χ1v) is 8.36. The molecule has 5 heteroatoms. The van der Waals surface area contributed by atoms with Crippen LogP contribution in [0, 0.1) is 13.8 Å². The predicted molar refractivity (Wildman–Crippen MR) is 93.8 cm³/mol. The van der Waals surface area contributed by atoms with Gasteiger partial charge >= 0.3 is 0 Å². The molecule has 3 rings (SSSR count). The topological polar surface area (TPSA) is 46.9 Å². The molecule has 0 fully saturated rings. The van der Waals surface area contributed by atoms with E-state index in [4.69, 9.17) is 0 Å². The predicted octanol–water partition coefficient (Wildman–Crippen LogP) is 3.98. The van der Waals surface area contributed by atoms with Crippen LogP contribution in [-0.2, 0) is 11.2 Å². The van der Waals surface area contributed by atoms with Gasteiger partial charge in [0.1, 0.15) is 6.04 Å². The van der Waals surface area contributed by atoms with Crippen LogP contribution in [0.5, 0.6) is 0 Å². The van der Waals surface area contributed by atoms with Gasteiger partial charge in [-0.15, -0.1) is 11.3 Å². The lowest BCUT2D eigenvalue weighted by molar-refractivity contribution is -0.119. The fraction of sp³-hybridized carbons (Fsp3) is 0.222. The Hall–Kier alpha value is -2.40. The summed E-state index contributed by atoms with van der Waals surface area (Å²) in [4.78, 5) is 18.3. The minimum Gasteiger partial charge on any atom is -0.342 e. The minimum absolute atomic E-state index is 0.0428. The molecule has 0 radical (unpaired) electrons. The lowest BCUT2D eigenvalue weighted by Crippen LogP contribution is -2.27. The van der Waals surface area contributed by atoms with Gasteiger partial charge in [0.15, 0.2) is 5.13 Å². The van der Waals surface area contributed by atoms with Crippen molar-refractivity contribution in [2.45, 2.75) is 26.3 Å². The first-order chi connectivity index (χ1) is 11.1. The number of nitrogens with zero attached hydrogens (tertiary/aromatic N) is 2. The molecular formula is C18H19N3OS. The fourth-order valence-corrected chi connectivity index (χ4v) is 3.26. The average Bonchev–Trinajstić information content (AvgIpc) is 3.16. The van der Waals surface area contributed by atoms with Crippen molar-refractivity contribution in [3.63, 3.8) is 0 Å². The normalized spacial score (nSPS) is 12.1. The van der Waals surface area contributed by atoms with Crippen LogP contribution >= 0.6 is 11.3 Å². The van der Waals surface area contributed by atoms with Crippen molar-refractivity contribution in [2.24, 2.45) is 0 Å². The number of aromatic nitrogens is 2. The van der Waals surface area contributed by atoms with Crippen molar-refractivity contribution in [2.75, 3.05) is 5.32 Å². The van der Waals surface area contributed by atoms with Gasteiger partial charge in [-0.2, -0.15) is 0 Å². The number of aryl methyl sites for hydroxylation is 2. The lowest BCUT2D eigenvalue weighted by Gasteiger charge is -2.18. The Morgan fingerprint density at radius 1 is 1.17 bits per heavy atom. The van der Waals surface area contributed by atoms with E-state index in [0.29, 0.717) is 11.6 Å². The fourth-order valence-electron chi connectivity index (χ4n) is 2.44. The van der Waals surface area contributed by atoms with E-state index in [0.717, 1.165) is 16.1 Å². The molecule has 1 unspecified atom stereocenters. The van der Waals surface area contributed by atoms with E-state index in [1.165, 1.54) is 11.3 Å². The third-order valence-electron chi connectivity index (χ3n) is 3.82. The van der Waals surface area contributed by atoms with Gasteiger partial charge in [-0.25, -0.2) is 4.98 Å². The van der Waals surface area contributed by atoms with Gasteiger partial charge in [-0.05, 0) is 31.5 Å². The summed E-state index contributed by atoms with van der Waals surface area (Å²) in [5.74, 6) is -0.0428. The SMILES string of the molecule is Cc1nc(NC(=O)C(Cc2ccccc2)n2cccc2)sc1C. The van der Waals surface area contributed by atoms with E-state index in [9.17, 15) is 4.79 Å². The van der Waals surface area contributed by atoms with Crippen LogP contribution in [0.2, 0.25) is 0 Å². The smallest absolute Gasteiger partial charge is 0.249 e. The largest absolute Gasteiger partial charge is 0.342 e. The molecule has 3 aromatic rings. The molecule has 0 aliphatic heterocycles. The Balaban J connectivity index is 1.81. The summed E-state index contributed by atoms with van der Waals surface area (Å²) in [5.41, 5.74) is 2.10. The highest BCUT2D eigenvalue weighted by Gasteiger charge is 2.21. The Kier molecular flexibility index (Phi) is 4.57. The van der Waals surface area contributed by atoms with E-state index >= 15 is 0 Å². The molecule has 118 valence electrons. The van der Waals surface area contributed by atoms with Crippen molar-refractivity contribution in [3.05, 3.63) is 71.0 Å². The molecule has 1 atom stereocenters. The number of rotatable bonds is 5. The number of nitrogens with one attached hydrogen (secondary N) is 1. The number of hydrogen-bond acceptors (Lipinski definition) is 3. The van der Waals surface area contributed by atoms with Crippen molar-refractivity contribution in [1.29, 1.82) is 0 Å². The molecule has 2 heterocycles. The zero-order chi connectivity index (χ0) is 16.2. The zero-order valence-electron chi connectivity index (χ0n) is 13.2. The second-order valence-electron chi connectivity index (χ2n) is 5.49. The summed E-state index contributed by atoms with van der Waals surface area (Å²) >= 11 is 1.51. The molecule has 23 heavy (non-hydrogen) atoms. The molecule has 0 saturated carbocycles. The first-order valence-electron chi connectivity index (χ1n) is 7.55. The Morgan fingerprint density at radius 2 is 1.87 bits per heavy atom. The summed E-state index contributed by atoms with van der Waals surface area (Å²) in [7, 11) is 0. The van der Waals surface area contributed by atoms with Gasteiger partial charge in [-0.3, -0.25) is 4.79 Å². The molecule has 0 bridgehead atoms. The molecule has 4 nitrogen and oxygen atoms in total. The van der Waals surface area contributed by atoms with Gasteiger partial charge < -0.3 is 9.88 Å². The lowest BCUT2D eigenvalue weighted by atomic mass is 10.1. The van der Waals surface area contributed by atoms with E-state index in [2.05, 4.69) is 10.3 Å². The maximum absolute atomic E-state index is 12.8. The summed E-state index contributed by atoms with van der Waals surface area (Å²) in [5, 5.41) is 3.62. The van der Waals surface area contributed by atoms with Crippen LogP contribution in [0.4, 0.5) is 5.13 Å². The van der Waals surface area contributed by atoms with Crippen LogP contribution in [0.3, 0.4) is 0 Å². The molecule has 1 aromatic carbocycles. The second kappa shape index (κ2) is 6.79. The van der Waals surface area contributed by atoms with E-state index < -0.39 is 0 Å². The third-order valence-corrected chi connectivity index (χ3v) is 4.81. The monoisotopic (exact) mass is 325 g/mol. The van der Waals surface area contributed by atoms with Gasteiger partial charge in [0.2, 0.25) is 5.91 Å². The van der Waals surface area contributed by atoms with Crippen molar-refractivity contribution in [3.8, 4) is 0 Å². The maximum atomic E-state index is 12.8. The van der Waals surface area contributed by atoms with Crippen LogP contribution in [0.15, 0.2) is 54.9 Å². The average molecular weight is 325 g/mol. The van der Waals surface area contributed by atoms with Crippen molar-refractivity contribution < 1.29 is 4.79 Å². The van der Waals surface area contributed by atoms with Gasteiger partial charge in [0, 0.05) is 23.7 Å². The van der Waals surface area contributed by atoms with Gasteiger partial charge in [0.25, 0.3) is 0 Å². The molecule has 2 aromatic heterocycles. The highest BCUT2D eigenvalue weighted by molar-refractivity contribution is 7.15. The number of hydrogen-bond donors (Lipinski definition) is 1. The van der Waals surface area contributed by atoms with Gasteiger partial charge in [-0.1, -0.05) is 30.3 Å². The Morgan fingerprint density at radius 3 is 2.48 bits per heavy atom. The van der Waals surface area contributed by atoms with Crippen LogP contribution in [0.1, 0.15) is 22.2 Å². The number of amides is 1. The number of thiazole rings is 1. The number of carbonyl (C=O) groups is 1. The number of benzene rings is 1. The van der Waals surface area contributed by atoms with Crippen LogP contribution in [0.25, 0.3) is 0 Å². The quantitative estimate of drug-likeness (QED) is 0.771. The van der Waals surface area contributed by atoms with E-state index in [1.807, 2.05) is 73.3 Å². The van der Waals surface area contributed by atoms with Crippen molar-refractivity contribution in [1.82, 2.24) is 9.55 Å². The molecule has 1 N–H and O–H groups in total. The number of anilines is 1. The Labute approximate surface area is 139 Å². The highest BCUT2D eigenvalue weighted by Crippen LogP contribution is 2.23. The zero-order valence-corrected chi connectivity index (χ0v) is 14.0. The molecule has 0 aliphatic rings. The molecule has 0 saturated heterocycles. The third kappa shape index (κ3) is 3.68. The summed E-state index contributed by atoms with van der Waals surface area (Å²) in [6.45, 7) is 3.96. The summed E-state index contributed by atoms with van der Waals surface area (Å²) in [6, 6.07) is 13.6. The molecule has 1 amide bonds. The van der Waals surface area contributed by atoms with E-state index in [1.54, 1.807) is 0 Å². The minimum atomic E-state index is -0.295. The maximum Gasteiger partial charge on any atom is 0.249 e. The summed E-state index contributed by atoms with van der Waals surface area (Å²) in [6.07, 6.45) is 4.49. The van der Waals surface area contributed by atoms with Crippen molar-refractivity contribution >= 4 is 22.4 Å². The summed E-state index contributed by atoms with van der Waals surface area (Å²) < 4.78 is 1.94. The first kappa shape index (κ1) is 15.5. The highest BCUT2D eigenvalue weighted by atomic mass is 32.1. The van der Waals surface area contributed by atoms with Crippen LogP contribution in [-0.4, -0.2) is 15.5 Å². The molecule has 0 spiro atoms. The van der Waals surface area contributed by atoms with Gasteiger partial charge in [0.05, 0.1) is 5.69 Å². The Bertz CT molecular complexity index is 758.